The van der Waals surface area contributed by atoms with Crippen LogP contribution in [0.25, 0.3) is 0 Å². The third-order valence-electron chi connectivity index (χ3n) is 3.89. The van der Waals surface area contributed by atoms with Crippen LogP contribution in [0.2, 0.25) is 0 Å². The number of methoxy groups -OCH3 is 1. The molecular weight excluding hydrogens is 238 g/mol. The molecule has 0 aliphatic carbocycles. The van der Waals surface area contributed by atoms with Gasteiger partial charge >= 0.3 is 0 Å². The van der Waals surface area contributed by atoms with Gasteiger partial charge in [-0.1, -0.05) is 31.2 Å². The van der Waals surface area contributed by atoms with Crippen molar-refractivity contribution in [2.75, 3.05) is 20.3 Å². The van der Waals surface area contributed by atoms with Gasteiger partial charge in [-0.3, -0.25) is 0 Å². The standard InChI is InChI=1S/C16H25NO2/c1-3-16-14(8-9-19-16)11-17-10-13-6-4-5-7-15(13)12-18-2/h4-7,14,16-17H,3,8-12H2,1-2H3. The first-order chi connectivity index (χ1) is 9.35. The highest BCUT2D eigenvalue weighted by molar-refractivity contribution is 5.26. The van der Waals surface area contributed by atoms with E-state index in [4.69, 9.17) is 9.47 Å². The van der Waals surface area contributed by atoms with Gasteiger partial charge in [0.25, 0.3) is 0 Å². The van der Waals surface area contributed by atoms with Crippen LogP contribution in [0.5, 0.6) is 0 Å². The minimum absolute atomic E-state index is 0.446. The van der Waals surface area contributed by atoms with E-state index in [1.165, 1.54) is 17.5 Å². The lowest BCUT2D eigenvalue weighted by atomic mass is 9.99. The Morgan fingerprint density at radius 3 is 2.84 bits per heavy atom. The Morgan fingerprint density at radius 2 is 2.11 bits per heavy atom. The van der Waals surface area contributed by atoms with E-state index < -0.39 is 0 Å². The second-order valence-electron chi connectivity index (χ2n) is 5.20. The third kappa shape index (κ3) is 4.03. The molecule has 1 aliphatic rings. The van der Waals surface area contributed by atoms with Crippen molar-refractivity contribution in [1.82, 2.24) is 5.32 Å². The first-order valence-electron chi connectivity index (χ1n) is 7.23. The molecule has 3 nitrogen and oxygen atoms in total. The van der Waals surface area contributed by atoms with E-state index in [1.807, 2.05) is 0 Å². The topological polar surface area (TPSA) is 30.5 Å². The summed E-state index contributed by atoms with van der Waals surface area (Å²) in [7, 11) is 1.74. The number of benzene rings is 1. The molecule has 0 radical (unpaired) electrons. The fraction of sp³-hybridized carbons (Fsp3) is 0.625. The Balaban J connectivity index is 1.82. The fourth-order valence-electron chi connectivity index (χ4n) is 2.80. The van der Waals surface area contributed by atoms with Crippen molar-refractivity contribution < 1.29 is 9.47 Å². The number of rotatable bonds is 7. The Hall–Kier alpha value is -0.900. The average molecular weight is 263 g/mol. The summed E-state index contributed by atoms with van der Waals surface area (Å²) in [5.41, 5.74) is 2.60. The van der Waals surface area contributed by atoms with Crippen LogP contribution >= 0.6 is 0 Å². The quantitative estimate of drug-likeness (QED) is 0.820. The van der Waals surface area contributed by atoms with E-state index in [9.17, 15) is 0 Å². The summed E-state index contributed by atoms with van der Waals surface area (Å²) in [4.78, 5) is 0. The van der Waals surface area contributed by atoms with Crippen LogP contribution in [-0.4, -0.2) is 26.4 Å². The van der Waals surface area contributed by atoms with Gasteiger partial charge in [-0.05, 0) is 29.9 Å². The highest BCUT2D eigenvalue weighted by atomic mass is 16.5. The zero-order chi connectivity index (χ0) is 13.5. The lowest BCUT2D eigenvalue weighted by Gasteiger charge is -2.18. The van der Waals surface area contributed by atoms with Crippen LogP contribution in [0.4, 0.5) is 0 Å². The second kappa shape index (κ2) is 7.63. The van der Waals surface area contributed by atoms with Crippen molar-refractivity contribution in [2.24, 2.45) is 5.92 Å². The number of nitrogens with one attached hydrogen (secondary N) is 1. The number of hydrogen-bond donors (Lipinski definition) is 1. The molecule has 0 saturated carbocycles. The van der Waals surface area contributed by atoms with E-state index in [0.29, 0.717) is 18.6 Å². The second-order valence-corrected chi connectivity index (χ2v) is 5.20. The predicted octanol–water partition coefficient (Wildman–Crippen LogP) is 2.74. The molecule has 1 N–H and O–H groups in total. The van der Waals surface area contributed by atoms with Crippen molar-refractivity contribution in [1.29, 1.82) is 0 Å². The molecule has 2 rings (SSSR count). The maximum atomic E-state index is 5.72. The fourth-order valence-corrected chi connectivity index (χ4v) is 2.80. The summed E-state index contributed by atoms with van der Waals surface area (Å²) in [6, 6.07) is 8.46. The molecule has 0 bridgehead atoms. The smallest absolute Gasteiger partial charge is 0.0716 e. The normalized spacial score (nSPS) is 22.8. The summed E-state index contributed by atoms with van der Waals surface area (Å²) >= 11 is 0. The van der Waals surface area contributed by atoms with Gasteiger partial charge in [-0.15, -0.1) is 0 Å². The molecule has 0 amide bonds. The zero-order valence-corrected chi connectivity index (χ0v) is 12.0. The van der Waals surface area contributed by atoms with Gasteiger partial charge in [0.2, 0.25) is 0 Å². The molecule has 2 unspecified atom stereocenters. The van der Waals surface area contributed by atoms with Crippen LogP contribution in [0.3, 0.4) is 0 Å². The Bertz CT molecular complexity index is 381. The molecule has 1 aliphatic heterocycles. The van der Waals surface area contributed by atoms with E-state index in [0.717, 1.165) is 26.1 Å². The summed E-state index contributed by atoms with van der Waals surface area (Å²) in [6.45, 7) is 5.76. The molecule has 1 fully saturated rings. The number of ether oxygens (including phenoxy) is 2. The molecule has 1 saturated heterocycles. The van der Waals surface area contributed by atoms with Crippen LogP contribution in [-0.2, 0) is 22.6 Å². The lowest BCUT2D eigenvalue weighted by molar-refractivity contribution is 0.0872. The maximum absolute atomic E-state index is 5.72. The molecule has 2 atom stereocenters. The van der Waals surface area contributed by atoms with E-state index in [1.54, 1.807) is 7.11 Å². The van der Waals surface area contributed by atoms with Crippen LogP contribution in [0.15, 0.2) is 24.3 Å². The van der Waals surface area contributed by atoms with Crippen molar-refractivity contribution in [3.63, 3.8) is 0 Å². The third-order valence-corrected chi connectivity index (χ3v) is 3.89. The van der Waals surface area contributed by atoms with E-state index in [2.05, 4.69) is 36.5 Å². The van der Waals surface area contributed by atoms with E-state index in [-0.39, 0.29) is 0 Å². The molecule has 1 aromatic carbocycles. The molecule has 3 heteroatoms. The van der Waals surface area contributed by atoms with Gasteiger partial charge in [0.1, 0.15) is 0 Å². The Morgan fingerprint density at radius 1 is 1.32 bits per heavy atom. The zero-order valence-electron chi connectivity index (χ0n) is 12.0. The Kier molecular flexibility index (Phi) is 5.83. The van der Waals surface area contributed by atoms with Gasteiger partial charge in [-0.25, -0.2) is 0 Å². The van der Waals surface area contributed by atoms with Crippen molar-refractivity contribution in [2.45, 2.75) is 39.0 Å². The van der Waals surface area contributed by atoms with Gasteiger partial charge in [0, 0.05) is 26.8 Å². The van der Waals surface area contributed by atoms with Crippen LogP contribution < -0.4 is 5.32 Å². The first kappa shape index (κ1) is 14.5. The summed E-state index contributed by atoms with van der Waals surface area (Å²) in [6.07, 6.45) is 2.75. The first-order valence-corrected chi connectivity index (χ1v) is 7.23. The number of hydrogen-bond acceptors (Lipinski definition) is 3. The SMILES string of the molecule is CCC1OCCC1CNCc1ccccc1COC. The van der Waals surface area contributed by atoms with Gasteiger partial charge < -0.3 is 14.8 Å². The average Bonchev–Trinajstić information content (AvgIpc) is 2.88. The minimum Gasteiger partial charge on any atom is -0.380 e. The molecule has 106 valence electrons. The van der Waals surface area contributed by atoms with Gasteiger partial charge in [0.15, 0.2) is 0 Å². The molecule has 1 heterocycles. The molecular formula is C16H25NO2. The predicted molar refractivity (Wildman–Crippen MR) is 77.0 cm³/mol. The summed E-state index contributed by atoms with van der Waals surface area (Å²) < 4.78 is 11.0. The minimum atomic E-state index is 0.446. The van der Waals surface area contributed by atoms with Gasteiger partial charge in [0.05, 0.1) is 12.7 Å². The van der Waals surface area contributed by atoms with Crippen LogP contribution in [0, 0.1) is 5.92 Å². The maximum Gasteiger partial charge on any atom is 0.0716 e. The Labute approximate surface area is 116 Å². The molecule has 0 spiro atoms. The highest BCUT2D eigenvalue weighted by Gasteiger charge is 2.25. The molecule has 19 heavy (non-hydrogen) atoms. The van der Waals surface area contributed by atoms with Crippen molar-refractivity contribution in [3.05, 3.63) is 35.4 Å². The van der Waals surface area contributed by atoms with E-state index >= 15 is 0 Å². The van der Waals surface area contributed by atoms with Crippen LogP contribution in [0.1, 0.15) is 30.9 Å². The highest BCUT2D eigenvalue weighted by Crippen LogP contribution is 2.22. The van der Waals surface area contributed by atoms with Crippen molar-refractivity contribution in [3.8, 4) is 0 Å². The summed E-state index contributed by atoms with van der Waals surface area (Å²) in [5.74, 6) is 0.666. The summed E-state index contributed by atoms with van der Waals surface area (Å²) in [5, 5.41) is 3.57. The monoisotopic (exact) mass is 263 g/mol. The van der Waals surface area contributed by atoms with Crippen molar-refractivity contribution >= 4 is 0 Å². The molecule has 0 aromatic heterocycles. The largest absolute Gasteiger partial charge is 0.380 e. The lowest BCUT2D eigenvalue weighted by Crippen LogP contribution is -2.28. The molecule has 1 aromatic rings. The van der Waals surface area contributed by atoms with Gasteiger partial charge in [-0.2, -0.15) is 0 Å².